The van der Waals surface area contributed by atoms with Crippen LogP contribution in [0.15, 0.2) is 28.9 Å². The number of aromatic nitrogens is 2. The van der Waals surface area contributed by atoms with Gasteiger partial charge in [-0.1, -0.05) is 0 Å². The van der Waals surface area contributed by atoms with E-state index in [0.717, 1.165) is 47.8 Å². The van der Waals surface area contributed by atoms with Crippen LogP contribution >= 0.6 is 11.8 Å². The third kappa shape index (κ3) is 4.17. The zero-order valence-electron chi connectivity index (χ0n) is 13.5. The van der Waals surface area contributed by atoms with Gasteiger partial charge < -0.3 is 19.4 Å². The maximum Gasteiger partial charge on any atom is 0.134 e. The lowest BCUT2D eigenvalue weighted by molar-refractivity contribution is 0.178. The van der Waals surface area contributed by atoms with Crippen molar-refractivity contribution in [1.82, 2.24) is 9.97 Å². The number of aryl methyl sites for hydroxylation is 1. The standard InChI is InChI=1S/C16H22N4O2S/c1-12-3-4-14(22-12)13(10-21-2)19-15-9-16(18-11-17-15)20-5-7-23-8-6-20/h3-4,9,11,13H,5-8,10H2,1-2H3,(H,17,18,19)/t13-/m1/s1. The summed E-state index contributed by atoms with van der Waals surface area (Å²) in [5.41, 5.74) is 0. The Hall–Kier alpha value is -1.73. The minimum absolute atomic E-state index is 0.0756. The van der Waals surface area contributed by atoms with Crippen molar-refractivity contribution < 1.29 is 9.15 Å². The fourth-order valence-corrected chi connectivity index (χ4v) is 3.48. The van der Waals surface area contributed by atoms with Crippen LogP contribution in [0, 0.1) is 6.92 Å². The lowest BCUT2D eigenvalue weighted by Crippen LogP contribution is -2.33. The Morgan fingerprint density at radius 2 is 2.17 bits per heavy atom. The number of rotatable bonds is 6. The Kier molecular flexibility index (Phi) is 5.40. The van der Waals surface area contributed by atoms with Crippen LogP contribution in [0.25, 0.3) is 0 Å². The van der Waals surface area contributed by atoms with Crippen molar-refractivity contribution in [2.24, 2.45) is 0 Å². The second-order valence-corrected chi connectivity index (χ2v) is 6.69. The van der Waals surface area contributed by atoms with Crippen molar-refractivity contribution in [3.63, 3.8) is 0 Å². The molecule has 0 saturated carbocycles. The molecule has 7 heteroatoms. The average molecular weight is 334 g/mol. The molecule has 3 rings (SSSR count). The number of ether oxygens (including phenoxy) is 1. The number of nitrogens with one attached hydrogen (secondary N) is 1. The number of methoxy groups -OCH3 is 1. The van der Waals surface area contributed by atoms with Gasteiger partial charge in [0.05, 0.1) is 6.61 Å². The molecule has 23 heavy (non-hydrogen) atoms. The number of hydrogen-bond acceptors (Lipinski definition) is 7. The smallest absolute Gasteiger partial charge is 0.134 e. The SMILES string of the molecule is COC[C@@H](Nc1cc(N2CCSCC2)ncn1)c1ccc(C)o1. The monoisotopic (exact) mass is 334 g/mol. The van der Waals surface area contributed by atoms with E-state index in [-0.39, 0.29) is 6.04 Å². The Morgan fingerprint density at radius 3 is 2.87 bits per heavy atom. The average Bonchev–Trinajstić information content (AvgIpc) is 3.02. The van der Waals surface area contributed by atoms with Gasteiger partial charge in [-0.3, -0.25) is 0 Å². The number of furan rings is 1. The maximum absolute atomic E-state index is 5.72. The summed E-state index contributed by atoms with van der Waals surface area (Å²) in [6, 6.07) is 5.84. The van der Waals surface area contributed by atoms with Crippen LogP contribution in [0.4, 0.5) is 11.6 Å². The Balaban J connectivity index is 1.74. The molecule has 1 N–H and O–H groups in total. The number of hydrogen-bond donors (Lipinski definition) is 1. The van der Waals surface area contributed by atoms with Crippen LogP contribution in [0.5, 0.6) is 0 Å². The maximum atomic E-state index is 5.72. The summed E-state index contributed by atoms with van der Waals surface area (Å²) < 4.78 is 11.0. The molecule has 3 heterocycles. The van der Waals surface area contributed by atoms with Crippen LogP contribution in [0.3, 0.4) is 0 Å². The fourth-order valence-electron chi connectivity index (χ4n) is 2.57. The van der Waals surface area contributed by atoms with E-state index in [1.165, 1.54) is 0 Å². The predicted molar refractivity (Wildman–Crippen MR) is 93.3 cm³/mol. The van der Waals surface area contributed by atoms with Crippen LogP contribution in [-0.4, -0.2) is 48.3 Å². The summed E-state index contributed by atoms with van der Waals surface area (Å²) in [5, 5.41) is 3.39. The topological polar surface area (TPSA) is 63.4 Å². The Bertz CT molecular complexity index is 628. The quantitative estimate of drug-likeness (QED) is 0.871. The van der Waals surface area contributed by atoms with E-state index in [2.05, 4.69) is 20.2 Å². The molecule has 0 unspecified atom stereocenters. The summed E-state index contributed by atoms with van der Waals surface area (Å²) in [6.07, 6.45) is 1.61. The van der Waals surface area contributed by atoms with Crippen LogP contribution < -0.4 is 10.2 Å². The highest BCUT2D eigenvalue weighted by Crippen LogP contribution is 2.23. The first-order chi connectivity index (χ1) is 11.3. The van der Waals surface area contributed by atoms with E-state index in [1.807, 2.05) is 36.9 Å². The molecule has 0 spiro atoms. The van der Waals surface area contributed by atoms with E-state index >= 15 is 0 Å². The molecule has 1 fully saturated rings. The summed E-state index contributed by atoms with van der Waals surface area (Å²) in [4.78, 5) is 11.0. The van der Waals surface area contributed by atoms with E-state index < -0.39 is 0 Å². The van der Waals surface area contributed by atoms with Crippen LogP contribution in [0.1, 0.15) is 17.6 Å². The molecule has 0 aliphatic carbocycles. The van der Waals surface area contributed by atoms with E-state index in [0.29, 0.717) is 6.61 Å². The Labute approximate surface area is 140 Å². The summed E-state index contributed by atoms with van der Waals surface area (Å²) in [7, 11) is 1.68. The predicted octanol–water partition coefficient (Wildman–Crippen LogP) is 2.73. The normalized spacial score (nSPS) is 16.3. The zero-order chi connectivity index (χ0) is 16.1. The van der Waals surface area contributed by atoms with Crippen molar-refractivity contribution in [3.8, 4) is 0 Å². The minimum Gasteiger partial charge on any atom is -0.464 e. The molecule has 6 nitrogen and oxygen atoms in total. The zero-order valence-corrected chi connectivity index (χ0v) is 14.3. The highest BCUT2D eigenvalue weighted by atomic mass is 32.2. The molecule has 2 aromatic rings. The lowest BCUT2D eigenvalue weighted by Gasteiger charge is -2.27. The second kappa shape index (κ2) is 7.70. The highest BCUT2D eigenvalue weighted by Gasteiger charge is 2.17. The summed E-state index contributed by atoms with van der Waals surface area (Å²) in [5.74, 6) is 5.77. The first-order valence-electron chi connectivity index (χ1n) is 7.73. The molecule has 1 saturated heterocycles. The molecular formula is C16H22N4O2S. The van der Waals surface area contributed by atoms with Crippen LogP contribution in [-0.2, 0) is 4.74 Å². The van der Waals surface area contributed by atoms with Crippen LogP contribution in [0.2, 0.25) is 0 Å². The van der Waals surface area contributed by atoms with Gasteiger partial charge >= 0.3 is 0 Å². The molecule has 0 aromatic carbocycles. The lowest BCUT2D eigenvalue weighted by atomic mass is 10.2. The van der Waals surface area contributed by atoms with Gasteiger partial charge in [0.25, 0.3) is 0 Å². The molecule has 0 radical (unpaired) electrons. The van der Waals surface area contributed by atoms with Gasteiger partial charge in [0.15, 0.2) is 0 Å². The molecular weight excluding hydrogens is 312 g/mol. The third-order valence-electron chi connectivity index (χ3n) is 3.75. The first kappa shape index (κ1) is 16.1. The summed E-state index contributed by atoms with van der Waals surface area (Å²) >= 11 is 1.98. The second-order valence-electron chi connectivity index (χ2n) is 5.46. The molecule has 2 aromatic heterocycles. The third-order valence-corrected chi connectivity index (χ3v) is 4.69. The molecule has 1 aliphatic rings. The molecule has 124 valence electrons. The van der Waals surface area contributed by atoms with Gasteiger partial charge in [-0.15, -0.1) is 0 Å². The van der Waals surface area contributed by atoms with Crippen molar-refractivity contribution in [2.75, 3.05) is 48.5 Å². The van der Waals surface area contributed by atoms with E-state index in [1.54, 1.807) is 13.4 Å². The fraction of sp³-hybridized carbons (Fsp3) is 0.500. The molecule has 0 bridgehead atoms. The highest BCUT2D eigenvalue weighted by molar-refractivity contribution is 7.99. The Morgan fingerprint density at radius 1 is 1.35 bits per heavy atom. The number of thioether (sulfide) groups is 1. The number of nitrogens with zero attached hydrogens (tertiary/aromatic N) is 3. The van der Waals surface area contributed by atoms with E-state index in [9.17, 15) is 0 Å². The van der Waals surface area contributed by atoms with E-state index in [4.69, 9.17) is 9.15 Å². The van der Waals surface area contributed by atoms with Gasteiger partial charge in [-0.25, -0.2) is 9.97 Å². The van der Waals surface area contributed by atoms with Gasteiger partial charge in [-0.2, -0.15) is 11.8 Å². The first-order valence-corrected chi connectivity index (χ1v) is 8.88. The van der Waals surface area contributed by atoms with Gasteiger partial charge in [0.1, 0.15) is 35.5 Å². The molecule has 1 atom stereocenters. The van der Waals surface area contributed by atoms with Crippen molar-refractivity contribution in [3.05, 3.63) is 36.0 Å². The number of anilines is 2. The summed E-state index contributed by atoms with van der Waals surface area (Å²) in [6.45, 7) is 4.50. The van der Waals surface area contributed by atoms with Gasteiger partial charge in [-0.05, 0) is 19.1 Å². The molecule has 0 amide bonds. The molecule has 1 aliphatic heterocycles. The minimum atomic E-state index is -0.0756. The van der Waals surface area contributed by atoms with Crippen molar-refractivity contribution in [2.45, 2.75) is 13.0 Å². The van der Waals surface area contributed by atoms with Gasteiger partial charge in [0, 0.05) is 37.8 Å². The van der Waals surface area contributed by atoms with Gasteiger partial charge in [0.2, 0.25) is 0 Å². The van der Waals surface area contributed by atoms with Crippen molar-refractivity contribution >= 4 is 23.4 Å². The van der Waals surface area contributed by atoms with Crippen molar-refractivity contribution in [1.29, 1.82) is 0 Å². The largest absolute Gasteiger partial charge is 0.464 e.